The molecule has 4 nitrogen and oxygen atoms in total. The first-order chi connectivity index (χ1) is 7.06. The minimum atomic E-state index is 0.477. The molecular formula is C11H20N4. The molecule has 1 rings (SSSR count). The molecule has 1 atom stereocenters. The highest BCUT2D eigenvalue weighted by Crippen LogP contribution is 2.14. The lowest BCUT2D eigenvalue weighted by molar-refractivity contribution is 0.423. The summed E-state index contributed by atoms with van der Waals surface area (Å²) in [5.74, 6) is 1.02. The van der Waals surface area contributed by atoms with Crippen molar-refractivity contribution in [2.45, 2.75) is 27.2 Å². The average molecular weight is 208 g/mol. The largest absolute Gasteiger partial charge is 0.382 e. The lowest BCUT2D eigenvalue weighted by atomic mass is 10.1. The molecule has 1 aliphatic rings. The quantitative estimate of drug-likeness (QED) is 0.716. The SMILES string of the molecule is CCC(C)/C=N\C1=C(C)N(C)CN=C1N. The highest BCUT2D eigenvalue weighted by atomic mass is 15.2. The van der Waals surface area contributed by atoms with E-state index in [1.807, 2.05) is 25.1 Å². The molecule has 1 unspecified atom stereocenters. The van der Waals surface area contributed by atoms with Crippen molar-refractivity contribution in [2.75, 3.05) is 13.7 Å². The molecule has 0 aromatic carbocycles. The molecule has 0 radical (unpaired) electrons. The van der Waals surface area contributed by atoms with Gasteiger partial charge in [-0.2, -0.15) is 0 Å². The Hall–Kier alpha value is -1.32. The molecule has 0 amide bonds. The Morgan fingerprint density at radius 3 is 2.93 bits per heavy atom. The first-order valence-corrected chi connectivity index (χ1v) is 5.32. The first-order valence-electron chi connectivity index (χ1n) is 5.32. The fraction of sp³-hybridized carbons (Fsp3) is 0.636. The summed E-state index contributed by atoms with van der Waals surface area (Å²) in [6, 6.07) is 0. The van der Waals surface area contributed by atoms with Gasteiger partial charge in [-0.3, -0.25) is 4.99 Å². The van der Waals surface area contributed by atoms with E-state index in [1.54, 1.807) is 0 Å². The van der Waals surface area contributed by atoms with E-state index in [9.17, 15) is 0 Å². The molecule has 1 aliphatic heterocycles. The minimum absolute atomic E-state index is 0.477. The first kappa shape index (κ1) is 11.8. The van der Waals surface area contributed by atoms with Gasteiger partial charge in [0.05, 0.1) is 0 Å². The lowest BCUT2D eigenvalue weighted by Gasteiger charge is -2.24. The van der Waals surface area contributed by atoms with E-state index in [4.69, 9.17) is 5.73 Å². The minimum Gasteiger partial charge on any atom is -0.382 e. The van der Waals surface area contributed by atoms with Crippen molar-refractivity contribution >= 4 is 12.1 Å². The fourth-order valence-corrected chi connectivity index (χ4v) is 1.20. The van der Waals surface area contributed by atoms with Gasteiger partial charge in [0.25, 0.3) is 0 Å². The van der Waals surface area contributed by atoms with Crippen molar-refractivity contribution in [1.29, 1.82) is 0 Å². The molecule has 4 heteroatoms. The smallest absolute Gasteiger partial charge is 0.148 e. The van der Waals surface area contributed by atoms with Gasteiger partial charge in [-0.25, -0.2) is 4.99 Å². The normalized spacial score (nSPS) is 19.7. The van der Waals surface area contributed by atoms with Crippen LogP contribution in [0, 0.1) is 5.92 Å². The Labute approximate surface area is 91.6 Å². The summed E-state index contributed by atoms with van der Waals surface area (Å²) < 4.78 is 0. The van der Waals surface area contributed by atoms with E-state index >= 15 is 0 Å². The van der Waals surface area contributed by atoms with Crippen LogP contribution in [0.2, 0.25) is 0 Å². The van der Waals surface area contributed by atoms with Crippen molar-refractivity contribution in [3.8, 4) is 0 Å². The van der Waals surface area contributed by atoms with Crippen LogP contribution in [0.5, 0.6) is 0 Å². The van der Waals surface area contributed by atoms with E-state index < -0.39 is 0 Å². The highest BCUT2D eigenvalue weighted by Gasteiger charge is 2.14. The van der Waals surface area contributed by atoms with Crippen molar-refractivity contribution in [3.05, 3.63) is 11.4 Å². The molecule has 0 saturated carbocycles. The Kier molecular flexibility index (Phi) is 3.88. The van der Waals surface area contributed by atoms with Crippen molar-refractivity contribution < 1.29 is 0 Å². The van der Waals surface area contributed by atoms with Crippen molar-refractivity contribution in [2.24, 2.45) is 21.6 Å². The second-order valence-electron chi connectivity index (χ2n) is 3.98. The number of nitrogens with two attached hydrogens (primary N) is 1. The zero-order chi connectivity index (χ0) is 11.4. The Morgan fingerprint density at radius 2 is 2.33 bits per heavy atom. The average Bonchev–Trinajstić information content (AvgIpc) is 2.23. The molecule has 0 spiro atoms. The van der Waals surface area contributed by atoms with Crippen molar-refractivity contribution in [3.63, 3.8) is 0 Å². The summed E-state index contributed by atoms with van der Waals surface area (Å²) in [5.41, 5.74) is 7.71. The maximum absolute atomic E-state index is 5.81. The van der Waals surface area contributed by atoms with E-state index in [2.05, 4.69) is 23.8 Å². The number of nitrogens with zero attached hydrogens (tertiary/aromatic N) is 3. The number of allylic oxidation sites excluding steroid dienone is 1. The van der Waals surface area contributed by atoms with Crippen LogP contribution in [0.1, 0.15) is 27.2 Å². The molecular weight excluding hydrogens is 188 g/mol. The third kappa shape index (κ3) is 2.81. The molecule has 15 heavy (non-hydrogen) atoms. The molecule has 0 aromatic rings. The van der Waals surface area contributed by atoms with Gasteiger partial charge >= 0.3 is 0 Å². The van der Waals surface area contributed by atoms with Crippen LogP contribution in [-0.2, 0) is 0 Å². The number of amidine groups is 1. The third-order valence-corrected chi connectivity index (χ3v) is 2.71. The second kappa shape index (κ2) is 4.96. The third-order valence-electron chi connectivity index (χ3n) is 2.71. The number of hydrogen-bond donors (Lipinski definition) is 1. The fourth-order valence-electron chi connectivity index (χ4n) is 1.20. The molecule has 2 N–H and O–H groups in total. The summed E-state index contributed by atoms with van der Waals surface area (Å²) in [7, 11) is 1.99. The summed E-state index contributed by atoms with van der Waals surface area (Å²) in [6.07, 6.45) is 3.03. The number of rotatable bonds is 3. The molecule has 0 aromatic heterocycles. The van der Waals surface area contributed by atoms with Gasteiger partial charge in [0.1, 0.15) is 18.2 Å². The number of aliphatic imine (C=N–C) groups is 2. The van der Waals surface area contributed by atoms with Crippen LogP contribution in [0.3, 0.4) is 0 Å². The van der Waals surface area contributed by atoms with Crippen LogP contribution in [0.25, 0.3) is 0 Å². The van der Waals surface area contributed by atoms with Gasteiger partial charge in [0.15, 0.2) is 0 Å². The topological polar surface area (TPSA) is 54.0 Å². The van der Waals surface area contributed by atoms with Crippen LogP contribution in [-0.4, -0.2) is 30.7 Å². The predicted octanol–water partition coefficient (Wildman–Crippen LogP) is 1.59. The van der Waals surface area contributed by atoms with Crippen LogP contribution in [0.15, 0.2) is 21.4 Å². The van der Waals surface area contributed by atoms with Gasteiger partial charge in [-0.15, -0.1) is 0 Å². The van der Waals surface area contributed by atoms with Crippen LogP contribution >= 0.6 is 0 Å². The lowest BCUT2D eigenvalue weighted by Crippen LogP contribution is -2.29. The Bertz CT molecular complexity index is 315. The molecule has 0 bridgehead atoms. The number of hydrogen-bond acceptors (Lipinski definition) is 4. The van der Waals surface area contributed by atoms with Gasteiger partial charge in [-0.05, 0) is 19.3 Å². The Morgan fingerprint density at radius 1 is 1.67 bits per heavy atom. The maximum Gasteiger partial charge on any atom is 0.148 e. The summed E-state index contributed by atoms with van der Waals surface area (Å²) in [4.78, 5) is 10.7. The zero-order valence-corrected chi connectivity index (χ0v) is 9.99. The Balaban J connectivity index is 2.86. The summed E-state index contributed by atoms with van der Waals surface area (Å²) >= 11 is 0. The van der Waals surface area contributed by atoms with E-state index in [0.29, 0.717) is 18.4 Å². The van der Waals surface area contributed by atoms with Crippen LogP contribution < -0.4 is 5.73 Å². The van der Waals surface area contributed by atoms with Crippen LogP contribution in [0.4, 0.5) is 0 Å². The predicted molar refractivity (Wildman–Crippen MR) is 64.9 cm³/mol. The van der Waals surface area contributed by atoms with E-state index in [1.165, 1.54) is 0 Å². The molecule has 1 heterocycles. The van der Waals surface area contributed by atoms with Gasteiger partial charge in [0, 0.05) is 19.0 Å². The molecule has 0 aliphatic carbocycles. The van der Waals surface area contributed by atoms with E-state index in [-0.39, 0.29) is 0 Å². The highest BCUT2D eigenvalue weighted by molar-refractivity contribution is 5.98. The van der Waals surface area contributed by atoms with Gasteiger partial charge in [0.2, 0.25) is 0 Å². The maximum atomic E-state index is 5.81. The monoisotopic (exact) mass is 208 g/mol. The second-order valence-corrected chi connectivity index (χ2v) is 3.98. The molecule has 84 valence electrons. The molecule has 0 saturated heterocycles. The molecule has 0 fully saturated rings. The zero-order valence-electron chi connectivity index (χ0n) is 9.99. The van der Waals surface area contributed by atoms with E-state index in [0.717, 1.165) is 17.8 Å². The standard InChI is InChI=1S/C11H20N4/c1-5-8(2)6-13-10-9(3)15(4)7-14-11(10)12/h6,8H,5,7H2,1-4H3,(H2,12,14)/b13-6-. The van der Waals surface area contributed by atoms with Crippen molar-refractivity contribution in [1.82, 2.24) is 4.90 Å². The van der Waals surface area contributed by atoms with Gasteiger partial charge in [-0.1, -0.05) is 13.8 Å². The summed E-state index contributed by atoms with van der Waals surface area (Å²) in [6.45, 7) is 6.92. The summed E-state index contributed by atoms with van der Waals surface area (Å²) in [5, 5.41) is 0. The van der Waals surface area contributed by atoms with Gasteiger partial charge < -0.3 is 10.6 Å².